The summed E-state index contributed by atoms with van der Waals surface area (Å²) in [6.07, 6.45) is 17.4. The maximum atomic E-state index is 5.47. The molecule has 0 fully saturated rings. The molecule has 0 N–H and O–H groups in total. The van der Waals surface area contributed by atoms with E-state index in [1.165, 1.54) is 57.8 Å². The van der Waals surface area contributed by atoms with Crippen molar-refractivity contribution in [2.45, 2.75) is 71.6 Å². The molecule has 0 heterocycles. The summed E-state index contributed by atoms with van der Waals surface area (Å²) in [7, 11) is 0. The van der Waals surface area contributed by atoms with Gasteiger partial charge in [0.1, 0.15) is 0 Å². The number of rotatable bonds is 9. The van der Waals surface area contributed by atoms with E-state index in [1.54, 1.807) is 0 Å². The Hall–Kier alpha value is -0.440. The van der Waals surface area contributed by atoms with Crippen LogP contribution in [0.15, 0.2) is 0 Å². The lowest BCUT2D eigenvalue weighted by molar-refractivity contribution is 0.501. The van der Waals surface area contributed by atoms with E-state index in [4.69, 9.17) is 6.42 Å². The lowest BCUT2D eigenvalue weighted by atomic mass is 9.97. The molecule has 0 rings (SSSR count). The molecule has 0 nitrogen and oxygen atoms in total. The van der Waals surface area contributed by atoms with Crippen LogP contribution in [0.5, 0.6) is 0 Å². The van der Waals surface area contributed by atoms with Crippen molar-refractivity contribution in [2.75, 3.05) is 0 Å². The third kappa shape index (κ3) is 8.17. The van der Waals surface area contributed by atoms with Crippen LogP contribution in [0.1, 0.15) is 71.6 Å². The first-order chi connectivity index (χ1) is 6.85. The van der Waals surface area contributed by atoms with Crippen molar-refractivity contribution in [2.24, 2.45) is 5.92 Å². The highest BCUT2D eigenvalue weighted by molar-refractivity contribution is 4.92. The van der Waals surface area contributed by atoms with Crippen molar-refractivity contribution in [3.05, 3.63) is 0 Å². The number of terminal acetylenes is 1. The van der Waals surface area contributed by atoms with Gasteiger partial charge in [0.05, 0.1) is 0 Å². The molecule has 0 aliphatic rings. The van der Waals surface area contributed by atoms with E-state index in [0.29, 0.717) is 5.92 Å². The van der Waals surface area contributed by atoms with Gasteiger partial charge in [-0.2, -0.15) is 0 Å². The lowest BCUT2D eigenvalue weighted by Gasteiger charge is -2.08. The normalized spacial score (nSPS) is 12.4. The van der Waals surface area contributed by atoms with E-state index < -0.39 is 0 Å². The van der Waals surface area contributed by atoms with Crippen molar-refractivity contribution in [3.8, 4) is 12.3 Å². The third-order valence-corrected chi connectivity index (χ3v) is 2.78. The third-order valence-electron chi connectivity index (χ3n) is 2.78. The Labute approximate surface area is 90.5 Å². The summed E-state index contributed by atoms with van der Waals surface area (Å²) in [5.74, 6) is 3.45. The summed E-state index contributed by atoms with van der Waals surface area (Å²) < 4.78 is 0. The zero-order chi connectivity index (χ0) is 10.6. The maximum absolute atomic E-state index is 5.47. The van der Waals surface area contributed by atoms with Gasteiger partial charge >= 0.3 is 0 Å². The quantitative estimate of drug-likeness (QED) is 0.366. The van der Waals surface area contributed by atoms with Crippen LogP contribution in [0.2, 0.25) is 0 Å². The van der Waals surface area contributed by atoms with Gasteiger partial charge < -0.3 is 0 Å². The molecule has 0 saturated heterocycles. The molecule has 82 valence electrons. The van der Waals surface area contributed by atoms with Crippen LogP contribution in [0.3, 0.4) is 0 Å². The molecule has 0 aromatic rings. The monoisotopic (exact) mass is 194 g/mol. The Morgan fingerprint density at radius 3 is 2.07 bits per heavy atom. The van der Waals surface area contributed by atoms with E-state index in [2.05, 4.69) is 19.8 Å². The maximum Gasteiger partial charge on any atom is 0.0200 e. The fraction of sp³-hybridized carbons (Fsp3) is 0.857. The molecule has 0 aliphatic carbocycles. The average Bonchev–Trinajstić information content (AvgIpc) is 2.21. The molecule has 0 saturated carbocycles. The molecule has 0 aromatic carbocycles. The van der Waals surface area contributed by atoms with E-state index >= 15 is 0 Å². The largest absolute Gasteiger partial charge is 0.120 e. The van der Waals surface area contributed by atoms with Crippen molar-refractivity contribution < 1.29 is 0 Å². The summed E-state index contributed by atoms with van der Waals surface area (Å²) in [5.41, 5.74) is 0. The Kier molecular flexibility index (Phi) is 10.3. The second kappa shape index (κ2) is 10.6. The SMILES string of the molecule is C#CC(CCC)CCCCCCCC. The molecule has 0 heteroatoms. The van der Waals surface area contributed by atoms with Crippen LogP contribution in [0, 0.1) is 18.3 Å². The Bertz CT molecular complexity index is 141. The van der Waals surface area contributed by atoms with E-state index in [-0.39, 0.29) is 0 Å². The molecule has 1 unspecified atom stereocenters. The van der Waals surface area contributed by atoms with Gasteiger partial charge in [0, 0.05) is 5.92 Å². The summed E-state index contributed by atoms with van der Waals surface area (Å²) in [6.45, 7) is 4.47. The number of hydrogen-bond donors (Lipinski definition) is 0. The number of hydrogen-bond acceptors (Lipinski definition) is 0. The number of unbranched alkanes of at least 4 members (excludes halogenated alkanes) is 5. The highest BCUT2D eigenvalue weighted by Crippen LogP contribution is 2.15. The van der Waals surface area contributed by atoms with Crippen molar-refractivity contribution in [1.82, 2.24) is 0 Å². The van der Waals surface area contributed by atoms with Crippen LogP contribution in [0.25, 0.3) is 0 Å². The van der Waals surface area contributed by atoms with Crippen molar-refractivity contribution >= 4 is 0 Å². The molecule has 0 amide bonds. The Morgan fingerprint density at radius 2 is 1.50 bits per heavy atom. The predicted octanol–water partition coefficient (Wildman–Crippen LogP) is 4.79. The first kappa shape index (κ1) is 13.6. The van der Waals surface area contributed by atoms with E-state index in [1.807, 2.05) is 0 Å². The molecule has 14 heavy (non-hydrogen) atoms. The van der Waals surface area contributed by atoms with Crippen LogP contribution in [0.4, 0.5) is 0 Å². The standard InChI is InChI=1S/C14H26/c1-4-7-8-9-10-11-13-14(6-3)12-5-2/h3,14H,4-5,7-13H2,1-2H3. The van der Waals surface area contributed by atoms with Gasteiger partial charge in [-0.3, -0.25) is 0 Å². The van der Waals surface area contributed by atoms with Crippen LogP contribution in [-0.2, 0) is 0 Å². The minimum Gasteiger partial charge on any atom is -0.120 e. The second-order valence-electron chi connectivity index (χ2n) is 4.21. The highest BCUT2D eigenvalue weighted by atomic mass is 14.1. The van der Waals surface area contributed by atoms with E-state index in [9.17, 15) is 0 Å². The first-order valence-corrected chi connectivity index (χ1v) is 6.31. The highest BCUT2D eigenvalue weighted by Gasteiger charge is 2.02. The van der Waals surface area contributed by atoms with Gasteiger partial charge in [-0.1, -0.05) is 58.8 Å². The van der Waals surface area contributed by atoms with Gasteiger partial charge in [0.25, 0.3) is 0 Å². The molecule has 0 spiro atoms. The molecule has 1 atom stereocenters. The first-order valence-electron chi connectivity index (χ1n) is 6.31. The predicted molar refractivity (Wildman–Crippen MR) is 65.2 cm³/mol. The summed E-state index contributed by atoms with van der Waals surface area (Å²) >= 11 is 0. The zero-order valence-corrected chi connectivity index (χ0v) is 10.0. The smallest absolute Gasteiger partial charge is 0.0200 e. The van der Waals surface area contributed by atoms with E-state index in [0.717, 1.165) is 0 Å². The van der Waals surface area contributed by atoms with Crippen molar-refractivity contribution in [1.29, 1.82) is 0 Å². The Morgan fingerprint density at radius 1 is 0.857 bits per heavy atom. The lowest BCUT2D eigenvalue weighted by Crippen LogP contribution is -1.96. The molecule has 0 aromatic heterocycles. The van der Waals surface area contributed by atoms with Crippen LogP contribution in [-0.4, -0.2) is 0 Å². The van der Waals surface area contributed by atoms with Crippen LogP contribution < -0.4 is 0 Å². The summed E-state index contributed by atoms with van der Waals surface area (Å²) in [6, 6.07) is 0. The van der Waals surface area contributed by atoms with Gasteiger partial charge in [-0.05, 0) is 12.8 Å². The average molecular weight is 194 g/mol. The molecule has 0 aliphatic heterocycles. The van der Waals surface area contributed by atoms with Gasteiger partial charge in [0.2, 0.25) is 0 Å². The van der Waals surface area contributed by atoms with Crippen LogP contribution >= 0.6 is 0 Å². The van der Waals surface area contributed by atoms with Crippen molar-refractivity contribution in [3.63, 3.8) is 0 Å². The Balaban J connectivity index is 3.21. The van der Waals surface area contributed by atoms with Gasteiger partial charge in [-0.15, -0.1) is 12.3 Å². The van der Waals surface area contributed by atoms with Gasteiger partial charge in [-0.25, -0.2) is 0 Å². The molecular formula is C14H26. The fourth-order valence-electron chi connectivity index (χ4n) is 1.83. The van der Waals surface area contributed by atoms with Gasteiger partial charge in [0.15, 0.2) is 0 Å². The molecule has 0 radical (unpaired) electrons. The second-order valence-corrected chi connectivity index (χ2v) is 4.21. The minimum absolute atomic E-state index is 0.547. The molecule has 0 bridgehead atoms. The molecular weight excluding hydrogens is 168 g/mol. The fourth-order valence-corrected chi connectivity index (χ4v) is 1.83. The zero-order valence-electron chi connectivity index (χ0n) is 10.0. The topological polar surface area (TPSA) is 0 Å². The summed E-state index contributed by atoms with van der Waals surface area (Å²) in [5, 5.41) is 0. The minimum atomic E-state index is 0.547. The summed E-state index contributed by atoms with van der Waals surface area (Å²) in [4.78, 5) is 0.